The molecule has 0 aliphatic carbocycles. The Bertz CT molecular complexity index is 277. The zero-order chi connectivity index (χ0) is 12.2. The number of allylic oxidation sites excluding steroid dienone is 1. The lowest BCUT2D eigenvalue weighted by molar-refractivity contribution is -0.309. The Morgan fingerprint density at radius 1 is 1.00 bits per heavy atom. The van der Waals surface area contributed by atoms with Crippen molar-refractivity contribution in [3.8, 4) is 0 Å². The maximum atomic E-state index is 10.8. The first-order chi connectivity index (χ1) is 6.77. The van der Waals surface area contributed by atoms with Crippen molar-refractivity contribution >= 4 is 11.9 Å². The average Bonchev–Trinajstić information content (AvgIpc) is 2.00. The van der Waals surface area contributed by atoms with Crippen molar-refractivity contribution in [3.05, 3.63) is 11.1 Å². The number of carbonyl (C=O) groups is 2. The van der Waals surface area contributed by atoms with E-state index in [1.54, 1.807) is 0 Å². The molecule has 0 aromatic heterocycles. The molecule has 0 aromatic rings. The Morgan fingerprint density at radius 2 is 1.40 bits per heavy atom. The van der Waals surface area contributed by atoms with Gasteiger partial charge in [0.1, 0.15) is 0 Å². The summed E-state index contributed by atoms with van der Waals surface area (Å²) in [5.74, 6) is -2.85. The second-order valence-electron chi connectivity index (χ2n) is 4.08. The van der Waals surface area contributed by atoms with Gasteiger partial charge in [0.25, 0.3) is 0 Å². The molecule has 4 heteroatoms. The summed E-state index contributed by atoms with van der Waals surface area (Å²) in [6.45, 7) is 7.31. The number of carboxylic acids is 2. The quantitative estimate of drug-likeness (QED) is 0.574. The molecular formula is C11H16O4-2. The van der Waals surface area contributed by atoms with Crippen LogP contribution in [0.3, 0.4) is 0 Å². The van der Waals surface area contributed by atoms with Crippen LogP contribution >= 0.6 is 0 Å². The van der Waals surface area contributed by atoms with E-state index >= 15 is 0 Å². The van der Waals surface area contributed by atoms with Gasteiger partial charge in [0.2, 0.25) is 0 Å². The standard InChI is InChI=1S/C11H18O4/c1-6(2)10(7(3)4)8(11(14)15)5-9(12)13/h6-7H,5H2,1-4H3,(H,12,13)(H,14,15)/p-2. The maximum Gasteiger partial charge on any atom is 0.0678 e. The molecule has 86 valence electrons. The number of hydrogen-bond donors (Lipinski definition) is 0. The topological polar surface area (TPSA) is 80.3 Å². The Labute approximate surface area is 89.6 Å². The van der Waals surface area contributed by atoms with Crippen molar-refractivity contribution < 1.29 is 19.8 Å². The van der Waals surface area contributed by atoms with Crippen molar-refractivity contribution in [2.24, 2.45) is 11.8 Å². The molecule has 0 amide bonds. The normalized spacial score (nSPS) is 10.5. The third kappa shape index (κ3) is 4.14. The van der Waals surface area contributed by atoms with E-state index in [9.17, 15) is 19.8 Å². The Hall–Kier alpha value is -1.32. The van der Waals surface area contributed by atoms with Gasteiger partial charge < -0.3 is 19.8 Å². The van der Waals surface area contributed by atoms with Crippen LogP contribution in [0.25, 0.3) is 0 Å². The SMILES string of the molecule is CC(C)C(=C(CC(=O)[O-])C(=O)[O-])C(C)C. The molecule has 0 heterocycles. The highest BCUT2D eigenvalue weighted by Gasteiger charge is 2.15. The van der Waals surface area contributed by atoms with Crippen LogP contribution in [0.2, 0.25) is 0 Å². The summed E-state index contributed by atoms with van der Waals surface area (Å²) in [6.07, 6.45) is -0.589. The van der Waals surface area contributed by atoms with Crippen LogP contribution in [0.15, 0.2) is 11.1 Å². The molecule has 0 fully saturated rings. The molecule has 0 spiro atoms. The smallest absolute Gasteiger partial charge is 0.0678 e. The van der Waals surface area contributed by atoms with Crippen molar-refractivity contribution in [2.75, 3.05) is 0 Å². The fourth-order valence-corrected chi connectivity index (χ4v) is 1.80. The largest absolute Gasteiger partial charge is 0.550 e. The molecule has 0 rings (SSSR count). The highest BCUT2D eigenvalue weighted by Crippen LogP contribution is 2.24. The summed E-state index contributed by atoms with van der Waals surface area (Å²) in [4.78, 5) is 21.3. The summed E-state index contributed by atoms with van der Waals surface area (Å²) in [6, 6.07) is 0. The van der Waals surface area contributed by atoms with Crippen molar-refractivity contribution in [1.82, 2.24) is 0 Å². The minimum absolute atomic E-state index is 0.0164. The Balaban J connectivity index is 5.35. The molecule has 0 aromatic carbocycles. The second-order valence-corrected chi connectivity index (χ2v) is 4.08. The van der Waals surface area contributed by atoms with Gasteiger partial charge in [-0.15, -0.1) is 0 Å². The second kappa shape index (κ2) is 5.53. The van der Waals surface area contributed by atoms with Crippen LogP contribution in [0.4, 0.5) is 0 Å². The van der Waals surface area contributed by atoms with Crippen molar-refractivity contribution in [2.45, 2.75) is 34.1 Å². The molecule has 0 saturated heterocycles. The molecule has 0 aliphatic rings. The minimum atomic E-state index is -1.42. The van der Waals surface area contributed by atoms with Gasteiger partial charge in [-0.3, -0.25) is 0 Å². The zero-order valence-corrected chi connectivity index (χ0v) is 9.49. The third-order valence-electron chi connectivity index (χ3n) is 2.16. The van der Waals surface area contributed by atoms with E-state index < -0.39 is 18.4 Å². The first-order valence-electron chi connectivity index (χ1n) is 4.91. The molecule has 0 unspecified atom stereocenters. The number of carbonyl (C=O) groups excluding carboxylic acids is 2. The van der Waals surface area contributed by atoms with E-state index in [-0.39, 0.29) is 17.4 Å². The van der Waals surface area contributed by atoms with Crippen LogP contribution in [0, 0.1) is 11.8 Å². The van der Waals surface area contributed by atoms with Crippen LogP contribution in [-0.4, -0.2) is 11.9 Å². The molecule has 0 radical (unpaired) electrons. The predicted molar refractivity (Wildman–Crippen MR) is 51.3 cm³/mol. The van der Waals surface area contributed by atoms with E-state index in [4.69, 9.17) is 0 Å². The molecule has 4 nitrogen and oxygen atoms in total. The van der Waals surface area contributed by atoms with Gasteiger partial charge >= 0.3 is 0 Å². The van der Waals surface area contributed by atoms with Gasteiger partial charge in [0.05, 0.1) is 5.97 Å². The molecule has 0 bridgehead atoms. The van der Waals surface area contributed by atoms with E-state index in [1.807, 2.05) is 27.7 Å². The number of rotatable bonds is 5. The zero-order valence-electron chi connectivity index (χ0n) is 9.49. The average molecular weight is 212 g/mol. The van der Waals surface area contributed by atoms with Gasteiger partial charge in [-0.1, -0.05) is 33.3 Å². The minimum Gasteiger partial charge on any atom is -0.550 e. The lowest BCUT2D eigenvalue weighted by atomic mass is 9.87. The fourth-order valence-electron chi connectivity index (χ4n) is 1.80. The van der Waals surface area contributed by atoms with Gasteiger partial charge in [0, 0.05) is 12.4 Å². The fraction of sp³-hybridized carbons (Fsp3) is 0.636. The van der Waals surface area contributed by atoms with Gasteiger partial charge in [-0.25, -0.2) is 0 Å². The molecule has 15 heavy (non-hydrogen) atoms. The summed E-state index contributed by atoms with van der Waals surface area (Å²) in [7, 11) is 0. The van der Waals surface area contributed by atoms with Crippen LogP contribution in [-0.2, 0) is 9.59 Å². The third-order valence-corrected chi connectivity index (χ3v) is 2.16. The summed E-state index contributed by atoms with van der Waals surface area (Å²) >= 11 is 0. The summed E-state index contributed by atoms with van der Waals surface area (Å²) < 4.78 is 0. The van der Waals surface area contributed by atoms with E-state index in [2.05, 4.69) is 0 Å². The van der Waals surface area contributed by atoms with Crippen LogP contribution in [0.5, 0.6) is 0 Å². The molecule has 0 aliphatic heterocycles. The number of aliphatic carboxylic acids is 2. The molecule has 0 saturated carbocycles. The van der Waals surface area contributed by atoms with Crippen LogP contribution < -0.4 is 10.2 Å². The number of hydrogen-bond acceptors (Lipinski definition) is 4. The molecule has 0 atom stereocenters. The van der Waals surface area contributed by atoms with E-state index in [1.165, 1.54) is 0 Å². The first-order valence-corrected chi connectivity index (χ1v) is 4.91. The highest BCUT2D eigenvalue weighted by atomic mass is 16.4. The predicted octanol–water partition coefficient (Wildman–Crippen LogP) is -0.515. The maximum absolute atomic E-state index is 10.8. The van der Waals surface area contributed by atoms with Crippen molar-refractivity contribution in [1.29, 1.82) is 0 Å². The lowest BCUT2D eigenvalue weighted by Gasteiger charge is -2.22. The van der Waals surface area contributed by atoms with Gasteiger partial charge in [0.15, 0.2) is 0 Å². The Morgan fingerprint density at radius 3 is 1.60 bits per heavy atom. The van der Waals surface area contributed by atoms with E-state index in [0.717, 1.165) is 0 Å². The van der Waals surface area contributed by atoms with Gasteiger partial charge in [-0.05, 0) is 17.4 Å². The monoisotopic (exact) mass is 212 g/mol. The molecular weight excluding hydrogens is 196 g/mol. The van der Waals surface area contributed by atoms with Crippen LogP contribution in [0.1, 0.15) is 34.1 Å². The lowest BCUT2D eigenvalue weighted by Crippen LogP contribution is -2.32. The summed E-state index contributed by atoms with van der Waals surface area (Å²) in [5.41, 5.74) is 0.458. The van der Waals surface area contributed by atoms with Crippen molar-refractivity contribution in [3.63, 3.8) is 0 Å². The Kier molecular flexibility index (Phi) is 5.05. The molecule has 0 N–H and O–H groups in total. The highest BCUT2D eigenvalue weighted by molar-refractivity contribution is 5.91. The number of carboxylic acid groups (broad SMARTS) is 2. The summed E-state index contributed by atoms with van der Waals surface area (Å²) in [5, 5.41) is 21.3. The first kappa shape index (κ1) is 13.7. The van der Waals surface area contributed by atoms with Gasteiger partial charge in [-0.2, -0.15) is 0 Å². The van der Waals surface area contributed by atoms with E-state index in [0.29, 0.717) is 5.57 Å².